The lowest BCUT2D eigenvalue weighted by Crippen LogP contribution is -2.34. The molecule has 1 aliphatic heterocycles. The summed E-state index contributed by atoms with van der Waals surface area (Å²) in [5.41, 5.74) is 6.67. The van der Waals surface area contributed by atoms with E-state index in [1.54, 1.807) is 0 Å². The van der Waals surface area contributed by atoms with Gasteiger partial charge in [-0.05, 0) is 25.5 Å². The van der Waals surface area contributed by atoms with Gasteiger partial charge in [0, 0.05) is 19.3 Å². The van der Waals surface area contributed by atoms with Crippen molar-refractivity contribution in [2.24, 2.45) is 0 Å². The van der Waals surface area contributed by atoms with Crippen LogP contribution in [0.15, 0.2) is 34.9 Å². The molecule has 17 heavy (non-hydrogen) atoms. The smallest absolute Gasteiger partial charge is 0.244 e. The lowest BCUT2D eigenvalue weighted by atomic mass is 10.1. The van der Waals surface area contributed by atoms with Crippen LogP contribution < -0.4 is 5.73 Å². The minimum atomic E-state index is -3.43. The standard InChI is InChI=1S/C11H15N3O2S/c1-9-4-6-14(7-5-9)17(15,16)10-2-3-11(12)13-8-10/h2-4,8H,5-7H2,1H3,(H2,12,13). The molecule has 1 aliphatic rings. The number of nitrogens with two attached hydrogens (primary N) is 1. The summed E-state index contributed by atoms with van der Waals surface area (Å²) in [5, 5.41) is 0. The van der Waals surface area contributed by atoms with E-state index in [1.165, 1.54) is 28.2 Å². The largest absolute Gasteiger partial charge is 0.384 e. The van der Waals surface area contributed by atoms with Crippen molar-refractivity contribution >= 4 is 15.8 Å². The number of nitrogens with zero attached hydrogens (tertiary/aromatic N) is 2. The zero-order valence-electron chi connectivity index (χ0n) is 9.63. The number of hydrogen-bond donors (Lipinski definition) is 1. The second kappa shape index (κ2) is 4.46. The predicted molar refractivity (Wildman–Crippen MR) is 65.8 cm³/mol. The second-order valence-electron chi connectivity index (χ2n) is 4.08. The van der Waals surface area contributed by atoms with E-state index >= 15 is 0 Å². The van der Waals surface area contributed by atoms with Gasteiger partial charge in [-0.25, -0.2) is 13.4 Å². The summed E-state index contributed by atoms with van der Waals surface area (Å²) in [6, 6.07) is 2.99. The van der Waals surface area contributed by atoms with E-state index in [0.29, 0.717) is 18.9 Å². The van der Waals surface area contributed by atoms with Crippen molar-refractivity contribution in [1.82, 2.24) is 9.29 Å². The Morgan fingerprint density at radius 1 is 1.41 bits per heavy atom. The maximum Gasteiger partial charge on any atom is 0.244 e. The first-order valence-electron chi connectivity index (χ1n) is 5.37. The first kappa shape index (κ1) is 12.1. The lowest BCUT2D eigenvalue weighted by Gasteiger charge is -2.24. The molecule has 0 amide bonds. The third-order valence-electron chi connectivity index (χ3n) is 2.80. The van der Waals surface area contributed by atoms with E-state index in [0.717, 1.165) is 6.42 Å². The molecule has 0 atom stereocenters. The highest BCUT2D eigenvalue weighted by Crippen LogP contribution is 2.19. The fourth-order valence-electron chi connectivity index (χ4n) is 1.66. The van der Waals surface area contributed by atoms with Crippen LogP contribution in [-0.2, 0) is 10.0 Å². The molecule has 92 valence electrons. The van der Waals surface area contributed by atoms with Crippen molar-refractivity contribution < 1.29 is 8.42 Å². The van der Waals surface area contributed by atoms with Crippen LogP contribution in [-0.4, -0.2) is 30.8 Å². The number of anilines is 1. The Morgan fingerprint density at radius 2 is 2.18 bits per heavy atom. The van der Waals surface area contributed by atoms with Crippen LogP contribution in [0, 0.1) is 0 Å². The average Bonchev–Trinajstić information content (AvgIpc) is 2.30. The van der Waals surface area contributed by atoms with E-state index < -0.39 is 10.0 Å². The van der Waals surface area contributed by atoms with Crippen LogP contribution in [0.2, 0.25) is 0 Å². The molecule has 0 spiro atoms. The van der Waals surface area contributed by atoms with Gasteiger partial charge in [-0.3, -0.25) is 0 Å². The number of sulfonamides is 1. The number of aromatic nitrogens is 1. The van der Waals surface area contributed by atoms with Gasteiger partial charge in [-0.1, -0.05) is 11.6 Å². The first-order valence-corrected chi connectivity index (χ1v) is 6.81. The zero-order valence-corrected chi connectivity index (χ0v) is 10.4. The molecular weight excluding hydrogens is 238 g/mol. The van der Waals surface area contributed by atoms with Gasteiger partial charge in [0.05, 0.1) is 0 Å². The van der Waals surface area contributed by atoms with Crippen LogP contribution in [0.4, 0.5) is 5.82 Å². The first-order chi connectivity index (χ1) is 8.00. The fraction of sp³-hybridized carbons (Fsp3) is 0.364. The minimum absolute atomic E-state index is 0.194. The van der Waals surface area contributed by atoms with Crippen LogP contribution in [0.1, 0.15) is 13.3 Å². The third-order valence-corrected chi connectivity index (χ3v) is 4.64. The molecule has 0 aliphatic carbocycles. The summed E-state index contributed by atoms with van der Waals surface area (Å²) < 4.78 is 25.9. The summed E-state index contributed by atoms with van der Waals surface area (Å²) in [5.74, 6) is 0.318. The molecule has 2 N–H and O–H groups in total. The monoisotopic (exact) mass is 253 g/mol. The van der Waals surface area contributed by atoms with Gasteiger partial charge in [-0.15, -0.1) is 0 Å². The summed E-state index contributed by atoms with van der Waals surface area (Å²) in [7, 11) is -3.43. The lowest BCUT2D eigenvalue weighted by molar-refractivity contribution is 0.431. The van der Waals surface area contributed by atoms with Crippen LogP contribution in [0.5, 0.6) is 0 Å². The van der Waals surface area contributed by atoms with Gasteiger partial charge in [0.1, 0.15) is 10.7 Å². The maximum atomic E-state index is 12.2. The molecule has 2 heterocycles. The number of pyridine rings is 1. The highest BCUT2D eigenvalue weighted by molar-refractivity contribution is 7.89. The molecule has 6 heteroatoms. The van der Waals surface area contributed by atoms with E-state index in [4.69, 9.17) is 5.73 Å². The molecule has 0 saturated carbocycles. The fourth-order valence-corrected chi connectivity index (χ4v) is 2.99. The normalized spacial score (nSPS) is 17.8. The van der Waals surface area contributed by atoms with Gasteiger partial charge in [0.15, 0.2) is 0 Å². The molecular formula is C11H15N3O2S. The molecule has 0 bridgehead atoms. The Labute approximate surface area is 101 Å². The minimum Gasteiger partial charge on any atom is -0.384 e. The van der Waals surface area contributed by atoms with Gasteiger partial charge >= 0.3 is 0 Å². The van der Waals surface area contributed by atoms with E-state index in [1.807, 2.05) is 13.0 Å². The SMILES string of the molecule is CC1=CCN(S(=O)(=O)c2ccc(N)nc2)CC1. The van der Waals surface area contributed by atoms with Crippen LogP contribution in [0.3, 0.4) is 0 Å². The van der Waals surface area contributed by atoms with Crippen molar-refractivity contribution in [3.05, 3.63) is 30.0 Å². The quantitative estimate of drug-likeness (QED) is 0.798. The molecule has 0 saturated heterocycles. The van der Waals surface area contributed by atoms with Gasteiger partial charge in [0.25, 0.3) is 0 Å². The van der Waals surface area contributed by atoms with Crippen molar-refractivity contribution in [3.63, 3.8) is 0 Å². The highest BCUT2D eigenvalue weighted by Gasteiger charge is 2.25. The van der Waals surface area contributed by atoms with Crippen molar-refractivity contribution in [2.75, 3.05) is 18.8 Å². The number of rotatable bonds is 2. The zero-order chi connectivity index (χ0) is 12.5. The van der Waals surface area contributed by atoms with Crippen molar-refractivity contribution in [1.29, 1.82) is 0 Å². The van der Waals surface area contributed by atoms with E-state index in [9.17, 15) is 8.42 Å². The molecule has 0 aromatic carbocycles. The second-order valence-corrected chi connectivity index (χ2v) is 6.02. The van der Waals surface area contributed by atoms with Gasteiger partial charge < -0.3 is 5.73 Å². The molecule has 0 radical (unpaired) electrons. The molecule has 1 aromatic heterocycles. The average molecular weight is 253 g/mol. The van der Waals surface area contributed by atoms with E-state index in [2.05, 4.69) is 4.98 Å². The summed E-state index contributed by atoms with van der Waals surface area (Å²) >= 11 is 0. The van der Waals surface area contributed by atoms with Crippen molar-refractivity contribution in [2.45, 2.75) is 18.2 Å². The van der Waals surface area contributed by atoms with Gasteiger partial charge in [-0.2, -0.15) is 4.31 Å². The predicted octanol–water partition coefficient (Wildman–Crippen LogP) is 1.00. The number of nitrogen functional groups attached to an aromatic ring is 1. The Balaban J connectivity index is 2.28. The molecule has 2 rings (SSSR count). The third kappa shape index (κ3) is 2.48. The topological polar surface area (TPSA) is 76.3 Å². The summed E-state index contributed by atoms with van der Waals surface area (Å²) in [6.45, 7) is 2.96. The molecule has 0 fully saturated rings. The molecule has 0 unspecified atom stereocenters. The maximum absolute atomic E-state index is 12.2. The van der Waals surface area contributed by atoms with Crippen LogP contribution in [0.25, 0.3) is 0 Å². The Bertz CT molecular complexity index is 534. The molecule has 5 nitrogen and oxygen atoms in total. The summed E-state index contributed by atoms with van der Waals surface area (Å²) in [4.78, 5) is 4.01. The Morgan fingerprint density at radius 3 is 2.71 bits per heavy atom. The van der Waals surface area contributed by atoms with E-state index in [-0.39, 0.29) is 4.90 Å². The Kier molecular flexibility index (Phi) is 3.17. The summed E-state index contributed by atoms with van der Waals surface area (Å²) in [6.07, 6.45) is 4.02. The van der Waals surface area contributed by atoms with Crippen molar-refractivity contribution in [3.8, 4) is 0 Å². The number of hydrogen-bond acceptors (Lipinski definition) is 4. The van der Waals surface area contributed by atoms with Gasteiger partial charge in [0.2, 0.25) is 10.0 Å². The van der Waals surface area contributed by atoms with Crippen LogP contribution >= 0.6 is 0 Å². The highest BCUT2D eigenvalue weighted by atomic mass is 32.2. The molecule has 1 aromatic rings. The Hall–Kier alpha value is -1.40.